The third kappa shape index (κ3) is 22.3. The van der Waals surface area contributed by atoms with Crippen molar-refractivity contribution in [2.45, 2.75) is 254 Å². The average Bonchev–Trinajstić information content (AvgIpc) is 1.27. The molecule has 25 nitrogen and oxygen atoms in total. The third-order valence-corrected chi connectivity index (χ3v) is 21.7. The number of rotatable bonds is 12. The number of allylic oxidation sites excluding steroid dienone is 2. The summed E-state index contributed by atoms with van der Waals surface area (Å²) < 4.78 is 142. The number of halogens is 8. The molecule has 6 aliphatic heterocycles. The van der Waals surface area contributed by atoms with Crippen molar-refractivity contribution in [3.63, 3.8) is 0 Å². The van der Waals surface area contributed by atoms with Gasteiger partial charge in [0.1, 0.15) is 68.6 Å². The second-order valence-corrected chi connectivity index (χ2v) is 36.7. The topological polar surface area (TPSA) is 321 Å². The molecule has 115 heavy (non-hydrogen) atoms. The fraction of sp³-hybridized carbons (Fsp3) is 0.630. The van der Waals surface area contributed by atoms with Gasteiger partial charge < -0.3 is 63.4 Å². The number of hydrogen-bond donors (Lipinski definition) is 3. The van der Waals surface area contributed by atoms with Crippen LogP contribution >= 0.6 is 22.3 Å². The van der Waals surface area contributed by atoms with E-state index in [0.29, 0.717) is 88.6 Å². The second kappa shape index (κ2) is 35.1. The van der Waals surface area contributed by atoms with Crippen molar-refractivity contribution in [3.05, 3.63) is 83.2 Å². The molecule has 4 aromatic rings. The molecular formula is C81H102Cl2F6N6O19S. The summed E-state index contributed by atoms with van der Waals surface area (Å²) >= 11 is 7.18. The fourth-order valence-electron chi connectivity index (χ4n) is 16.3. The molecule has 3 N–H and O–H groups in total. The number of carbonyl (C=O) groups excluding carboxylic acids is 8. The number of ether oxygens (including phenoxy) is 8. The molecule has 12 rings (SSSR count). The minimum absolute atomic E-state index is 0.0119. The van der Waals surface area contributed by atoms with Crippen molar-refractivity contribution in [2.75, 3.05) is 45.8 Å². The quantitative estimate of drug-likeness (QED) is 0.0296. The number of aliphatic hydroxyl groups is 1. The first-order valence-electron chi connectivity index (χ1n) is 38.9. The van der Waals surface area contributed by atoms with E-state index in [4.69, 9.17) is 49.5 Å². The Kier molecular flexibility index (Phi) is 27.2. The summed E-state index contributed by atoms with van der Waals surface area (Å²) in [6.07, 6.45) is 5.62. The lowest BCUT2D eigenvalue weighted by Gasteiger charge is -2.39. The van der Waals surface area contributed by atoms with E-state index in [9.17, 15) is 78.2 Å². The van der Waals surface area contributed by atoms with Crippen LogP contribution in [0, 0.1) is 37.5 Å². The van der Waals surface area contributed by atoms with E-state index in [1.165, 1.54) is 40.1 Å². The van der Waals surface area contributed by atoms with Crippen LogP contribution in [0.2, 0.25) is 0 Å². The molecule has 0 radical (unpaired) electrons. The van der Waals surface area contributed by atoms with Gasteiger partial charge in [-0.25, -0.2) is 28.0 Å². The average molecular weight is 1680 g/mol. The van der Waals surface area contributed by atoms with Crippen molar-refractivity contribution in [1.29, 1.82) is 0 Å². The molecular weight excluding hydrogens is 1580 g/mol. The molecule has 2 saturated carbocycles. The monoisotopic (exact) mass is 1680 g/mol. The van der Waals surface area contributed by atoms with Crippen molar-refractivity contribution < 1.29 is 116 Å². The Morgan fingerprint density at radius 1 is 0.600 bits per heavy atom. The summed E-state index contributed by atoms with van der Waals surface area (Å²) in [5.74, 6) is -5.98. The highest BCUT2D eigenvalue weighted by atomic mass is 35.7. The van der Waals surface area contributed by atoms with Gasteiger partial charge in [-0.1, -0.05) is 50.0 Å². The zero-order chi connectivity index (χ0) is 84.3. The van der Waals surface area contributed by atoms with Crippen LogP contribution < -0.4 is 29.6 Å². The van der Waals surface area contributed by atoms with E-state index >= 15 is 0 Å². The lowest BCUT2D eigenvalue weighted by Crippen LogP contribution is -2.54. The minimum atomic E-state index is -4.56. The van der Waals surface area contributed by atoms with Crippen molar-refractivity contribution in [1.82, 2.24) is 30.4 Å². The lowest BCUT2D eigenvalue weighted by molar-refractivity contribution is -0.159. The molecule has 2 saturated heterocycles. The van der Waals surface area contributed by atoms with Crippen LogP contribution in [0.5, 0.6) is 23.0 Å². The Morgan fingerprint density at radius 2 is 0.991 bits per heavy atom. The van der Waals surface area contributed by atoms with Crippen molar-refractivity contribution >= 4 is 101 Å². The van der Waals surface area contributed by atoms with Crippen LogP contribution in [0.3, 0.4) is 0 Å². The van der Waals surface area contributed by atoms with Crippen LogP contribution in [-0.2, 0) is 66.4 Å². The fourth-order valence-corrected chi connectivity index (χ4v) is 16.8. The Balaban J connectivity index is 0.000000230. The number of hydrogen-bond acceptors (Lipinski definition) is 21. The number of alkyl halides is 7. The number of carbonyl (C=O) groups is 8. The smallest absolute Gasteiger partial charge is 0.422 e. The summed E-state index contributed by atoms with van der Waals surface area (Å²) in [7, 11) is 1.31. The molecule has 0 bridgehead atoms. The van der Waals surface area contributed by atoms with Crippen LogP contribution in [0.4, 0.5) is 26.3 Å². The number of fused-ring (bicyclic) bond motifs is 10. The molecule has 2 aromatic carbocycles. The summed E-state index contributed by atoms with van der Waals surface area (Å²) in [6.45, 7) is 14.3. The number of aromatic nitrogens is 2. The molecule has 2 aliphatic carbocycles. The number of aliphatic hydroxyl groups excluding tert-OH is 1. The van der Waals surface area contributed by atoms with Gasteiger partial charge in [-0.3, -0.25) is 28.8 Å². The molecule has 2 aromatic heterocycles. The zero-order valence-electron chi connectivity index (χ0n) is 66.4. The summed E-state index contributed by atoms with van der Waals surface area (Å²) in [5.41, 5.74) is -4.08. The first-order valence-corrected chi connectivity index (χ1v) is 42.1. The summed E-state index contributed by atoms with van der Waals surface area (Å²) in [4.78, 5) is 124. The molecule has 4 fully saturated rings. The van der Waals surface area contributed by atoms with Gasteiger partial charge in [0.05, 0.1) is 79.3 Å². The molecule has 632 valence electrons. The highest BCUT2D eigenvalue weighted by Gasteiger charge is 2.65. The third-order valence-electron chi connectivity index (χ3n) is 21.4. The summed E-state index contributed by atoms with van der Waals surface area (Å²) in [6, 6.07) is 6.42. The standard InChI is InChI=1S/C40H49ClF3N3O8.C40H50F3N3O9.CH3ClO2S/c1-6-52-36(51)39-18-25(39)13-11-9-7-8-10-12-24(16-31(48)54-37(3,4)5)35(50)47-21-38(20-30(47)34(49)46-39)19-28(41)32-27-17-26(53-22-40(42,43)44)14-15-29(27)45-23(2)33(32)55-38;1-6-52-36(51)39-18-25(39)13-11-9-7-8-10-12-24(16-31(48)54-37(3,4)5)35(50)46-21-38(19-29(46)34(49)45-39)20-30(47)32-27-17-26(53-22-40(41,42)43)14-15-28(27)44-23(2)33(32)55-38;1-5(2,3)4/h11,13-15,17,24-25,28,30H,6-10,12,16,18-22H2,1-5H3,(H,46,49);11,13-15,17,24-25,29-30,47H,6-10,12,16,18-22H2,1-5H3,(H,45,49);1H3/b2*13-11-;/t24-,25-,28?,30+,38-,39-;24-,25-,29+,30?,38+,39-;/m11./s1. The second-order valence-electron chi connectivity index (χ2n) is 33.2. The number of amides is 4. The predicted octanol–water partition coefficient (Wildman–Crippen LogP) is 13.3. The Bertz CT molecular complexity index is 4260. The van der Waals surface area contributed by atoms with Gasteiger partial charge in [-0.2, -0.15) is 26.3 Å². The number of benzene rings is 2. The Labute approximate surface area is 673 Å². The minimum Gasteiger partial charge on any atom is -0.484 e. The van der Waals surface area contributed by atoms with Gasteiger partial charge >= 0.3 is 36.2 Å². The maximum Gasteiger partial charge on any atom is 0.422 e. The van der Waals surface area contributed by atoms with Gasteiger partial charge in [0.15, 0.2) is 13.2 Å². The predicted molar refractivity (Wildman–Crippen MR) is 410 cm³/mol. The summed E-state index contributed by atoms with van der Waals surface area (Å²) in [5, 5.41) is 17.8. The number of nitrogens with one attached hydrogen (secondary N) is 2. The van der Waals surface area contributed by atoms with Crippen LogP contribution in [0.25, 0.3) is 21.8 Å². The van der Waals surface area contributed by atoms with E-state index in [1.54, 1.807) is 75.3 Å². The highest BCUT2D eigenvalue weighted by molar-refractivity contribution is 8.13. The van der Waals surface area contributed by atoms with Gasteiger partial charge in [0, 0.05) is 81.9 Å². The van der Waals surface area contributed by atoms with Crippen LogP contribution in [0.1, 0.15) is 205 Å². The van der Waals surface area contributed by atoms with E-state index < -0.39 is 151 Å². The maximum absolute atomic E-state index is 14.7. The number of pyridine rings is 2. The molecule has 2 unspecified atom stereocenters. The molecule has 2 spiro atoms. The molecule has 12 atom stereocenters. The SMILES string of the molecule is CCOC(=O)[C@@]12C[C@H]1/C=C\CCCCC[C@H](CC(=O)OC(C)(C)C)C(=O)N1C[C@@]3(CC(Cl)c4c(c(C)nc5ccc(OCC(F)(F)F)cc45)O3)C[C@H]1C(=O)N2.CCOC(=O)[C@@]12C[C@H]1/C=C\CCCCC[C@H](CC(=O)OC(C)(C)C)C(=O)N1C[C@@]3(CC(O)c4c(c(C)nc5ccc(OCC(F)(F)F)cc45)O3)C[C@H]1C(=O)N2.CS(=O)(=O)Cl. The normalized spacial score (nSPS) is 28.4. The highest BCUT2D eigenvalue weighted by Crippen LogP contribution is 2.55. The molecule has 4 amide bonds. The van der Waals surface area contributed by atoms with E-state index in [0.717, 1.165) is 44.8 Å². The van der Waals surface area contributed by atoms with Gasteiger partial charge in [-0.15, -0.1) is 11.6 Å². The first-order chi connectivity index (χ1) is 53.7. The Morgan fingerprint density at radius 3 is 1.38 bits per heavy atom. The van der Waals surface area contributed by atoms with E-state index in [2.05, 4.69) is 31.3 Å². The van der Waals surface area contributed by atoms with Gasteiger partial charge in [0.2, 0.25) is 32.7 Å². The molecule has 34 heteroatoms. The lowest BCUT2D eigenvalue weighted by atomic mass is 9.85. The molecule has 8 aliphatic rings. The van der Waals surface area contributed by atoms with Crippen LogP contribution in [-0.4, -0.2) is 184 Å². The maximum atomic E-state index is 14.7. The van der Waals surface area contributed by atoms with Crippen molar-refractivity contribution in [3.8, 4) is 23.0 Å². The van der Waals surface area contributed by atoms with Crippen LogP contribution in [0.15, 0.2) is 60.7 Å². The largest absolute Gasteiger partial charge is 0.484 e. The van der Waals surface area contributed by atoms with E-state index in [1.807, 2.05) is 24.3 Å². The molecule has 8 heterocycles. The number of esters is 4. The number of nitrogens with zero attached hydrogens (tertiary/aromatic N) is 4. The van der Waals surface area contributed by atoms with Crippen molar-refractivity contribution in [2.24, 2.45) is 23.7 Å². The Hall–Kier alpha value is -8.23. The number of aryl methyl sites for hydroxylation is 2. The zero-order valence-corrected chi connectivity index (χ0v) is 68.7. The van der Waals surface area contributed by atoms with Gasteiger partial charge in [-0.05, 0) is 157 Å². The van der Waals surface area contributed by atoms with Gasteiger partial charge in [0.25, 0.3) is 0 Å². The first kappa shape index (κ1) is 89.1. The van der Waals surface area contributed by atoms with E-state index in [-0.39, 0.29) is 93.9 Å².